The van der Waals surface area contributed by atoms with Gasteiger partial charge in [-0.2, -0.15) is 0 Å². The molecule has 0 aromatic heterocycles. The van der Waals surface area contributed by atoms with Crippen LogP contribution in [-0.4, -0.2) is 24.8 Å². The number of esters is 1. The molecule has 1 aromatic carbocycles. The summed E-state index contributed by atoms with van der Waals surface area (Å²) in [5, 5.41) is 2.43. The Morgan fingerprint density at radius 1 is 1.36 bits per heavy atom. The molecule has 3 rings (SSSR count). The first-order chi connectivity index (χ1) is 10.3. The van der Waals surface area contributed by atoms with Crippen molar-refractivity contribution < 1.29 is 32.6 Å². The molecule has 1 aliphatic heterocycles. The Kier molecular flexibility index (Phi) is 3.38. The molecule has 118 valence electrons. The molecule has 0 radical (unpaired) electrons. The molecular weight excluding hydrogens is 300 g/mol. The molecule has 6 nitrogen and oxygen atoms in total. The predicted molar refractivity (Wildman–Crippen MR) is 69.5 cm³/mol. The molecule has 2 aliphatic rings. The zero-order chi connectivity index (χ0) is 15.9. The highest BCUT2D eigenvalue weighted by Gasteiger charge is 2.43. The Morgan fingerprint density at radius 2 is 2.05 bits per heavy atom. The van der Waals surface area contributed by atoms with Crippen LogP contribution in [0.4, 0.5) is 14.5 Å². The summed E-state index contributed by atoms with van der Waals surface area (Å²) in [7, 11) is 0. The molecule has 1 aliphatic carbocycles. The summed E-state index contributed by atoms with van der Waals surface area (Å²) >= 11 is 0. The fraction of sp³-hybridized carbons (Fsp3) is 0.429. The fourth-order valence-electron chi connectivity index (χ4n) is 2.12. The maximum atomic E-state index is 12.9. The second-order valence-corrected chi connectivity index (χ2v) is 5.30. The van der Waals surface area contributed by atoms with Crippen molar-refractivity contribution in [3.05, 3.63) is 18.2 Å². The Hall–Kier alpha value is -2.38. The smallest absolute Gasteiger partial charge is 0.455 e. The number of anilines is 1. The third kappa shape index (κ3) is 3.10. The number of nitrogens with one attached hydrogen (secondary N) is 1. The van der Waals surface area contributed by atoms with Crippen molar-refractivity contribution in [1.82, 2.24) is 0 Å². The molecule has 22 heavy (non-hydrogen) atoms. The molecule has 8 heteroatoms. The van der Waals surface area contributed by atoms with E-state index in [4.69, 9.17) is 4.74 Å². The van der Waals surface area contributed by atoms with Gasteiger partial charge in [-0.1, -0.05) is 6.92 Å². The standard InChI is InChI=1S/C14H13F2NO5/c1-7-4-9(7)13(19)20-6-12(18)17-8-2-3-10-11(5-8)22-14(15,16)21-10/h2-3,5,7,9H,4,6H2,1H3,(H,17,18)/t7-,9-/m1/s1. The first-order valence-electron chi connectivity index (χ1n) is 6.70. The topological polar surface area (TPSA) is 73.9 Å². The lowest BCUT2D eigenvalue weighted by Gasteiger charge is -2.07. The lowest BCUT2D eigenvalue weighted by molar-refractivity contribution is -0.286. The highest BCUT2D eigenvalue weighted by molar-refractivity contribution is 5.93. The minimum absolute atomic E-state index is 0.114. The van der Waals surface area contributed by atoms with Gasteiger partial charge >= 0.3 is 12.3 Å². The van der Waals surface area contributed by atoms with Crippen molar-refractivity contribution in [1.29, 1.82) is 0 Å². The number of ether oxygens (including phenoxy) is 3. The minimum atomic E-state index is -3.71. The van der Waals surface area contributed by atoms with Gasteiger partial charge in [-0.15, -0.1) is 8.78 Å². The SMILES string of the molecule is C[C@@H]1C[C@H]1C(=O)OCC(=O)Nc1ccc2c(c1)OC(F)(F)O2. The monoisotopic (exact) mass is 313 g/mol. The predicted octanol–water partition coefficient (Wildman–Crippen LogP) is 2.15. The summed E-state index contributed by atoms with van der Waals surface area (Å²) in [4.78, 5) is 23.1. The number of benzene rings is 1. The average Bonchev–Trinajstić information content (AvgIpc) is 3.07. The van der Waals surface area contributed by atoms with Gasteiger partial charge in [0.05, 0.1) is 5.92 Å². The third-order valence-electron chi connectivity index (χ3n) is 3.44. The molecule has 1 aromatic rings. The van der Waals surface area contributed by atoms with Crippen molar-refractivity contribution in [2.75, 3.05) is 11.9 Å². The van der Waals surface area contributed by atoms with E-state index in [9.17, 15) is 18.4 Å². The van der Waals surface area contributed by atoms with E-state index < -0.39 is 24.8 Å². The molecule has 0 unspecified atom stereocenters. The normalized spacial score (nSPS) is 23.8. The highest BCUT2D eigenvalue weighted by atomic mass is 19.3. The second kappa shape index (κ2) is 5.11. The van der Waals surface area contributed by atoms with E-state index in [-0.39, 0.29) is 23.1 Å². The third-order valence-corrected chi connectivity index (χ3v) is 3.44. The van der Waals surface area contributed by atoms with Gasteiger partial charge in [-0.25, -0.2) is 0 Å². The molecule has 0 saturated heterocycles. The Labute approximate surface area is 124 Å². The van der Waals surface area contributed by atoms with Crippen molar-refractivity contribution >= 4 is 17.6 Å². The van der Waals surface area contributed by atoms with Crippen LogP contribution in [0.25, 0.3) is 0 Å². The van der Waals surface area contributed by atoms with Crippen molar-refractivity contribution in [2.24, 2.45) is 11.8 Å². The van der Waals surface area contributed by atoms with Gasteiger partial charge in [0, 0.05) is 11.8 Å². The van der Waals surface area contributed by atoms with E-state index in [2.05, 4.69) is 14.8 Å². The number of alkyl halides is 2. The second-order valence-electron chi connectivity index (χ2n) is 5.30. The minimum Gasteiger partial charge on any atom is -0.455 e. The number of fused-ring (bicyclic) bond motifs is 1. The van der Waals surface area contributed by atoms with Gasteiger partial charge < -0.3 is 19.5 Å². The zero-order valence-corrected chi connectivity index (χ0v) is 11.6. The van der Waals surface area contributed by atoms with E-state index >= 15 is 0 Å². The van der Waals surface area contributed by atoms with Crippen molar-refractivity contribution in [2.45, 2.75) is 19.6 Å². The largest absolute Gasteiger partial charge is 0.586 e. The van der Waals surface area contributed by atoms with Gasteiger partial charge in [0.15, 0.2) is 18.1 Å². The van der Waals surface area contributed by atoms with E-state index in [1.165, 1.54) is 18.2 Å². The van der Waals surface area contributed by atoms with Crippen LogP contribution in [-0.2, 0) is 14.3 Å². The van der Waals surface area contributed by atoms with E-state index in [1.807, 2.05) is 6.92 Å². The molecule has 2 atom stereocenters. The number of halogens is 2. The summed E-state index contributed by atoms with van der Waals surface area (Å²) in [6.07, 6.45) is -2.93. The summed E-state index contributed by atoms with van der Waals surface area (Å²) in [6, 6.07) is 3.84. The summed E-state index contributed by atoms with van der Waals surface area (Å²) in [5.74, 6) is -1.07. The lowest BCUT2D eigenvalue weighted by Crippen LogP contribution is -2.25. The molecule has 1 amide bonds. The van der Waals surface area contributed by atoms with E-state index in [0.29, 0.717) is 5.92 Å². The van der Waals surface area contributed by atoms with Crippen LogP contribution in [0.2, 0.25) is 0 Å². The Bertz CT molecular complexity index is 634. The van der Waals surface area contributed by atoms with Gasteiger partial charge in [0.1, 0.15) is 0 Å². The van der Waals surface area contributed by atoms with Crippen LogP contribution in [0.5, 0.6) is 11.5 Å². The average molecular weight is 313 g/mol. The highest BCUT2D eigenvalue weighted by Crippen LogP contribution is 2.42. The van der Waals surface area contributed by atoms with Crippen LogP contribution in [0.15, 0.2) is 18.2 Å². The summed E-state index contributed by atoms with van der Waals surface area (Å²) in [6.45, 7) is 1.50. The quantitative estimate of drug-likeness (QED) is 0.862. The number of amides is 1. The molecule has 0 spiro atoms. The fourth-order valence-corrected chi connectivity index (χ4v) is 2.12. The maximum Gasteiger partial charge on any atom is 0.586 e. The number of hydrogen-bond acceptors (Lipinski definition) is 5. The van der Waals surface area contributed by atoms with Crippen LogP contribution in [0, 0.1) is 11.8 Å². The number of carbonyl (C=O) groups is 2. The zero-order valence-electron chi connectivity index (χ0n) is 11.6. The Morgan fingerprint density at radius 3 is 2.73 bits per heavy atom. The molecule has 1 heterocycles. The molecule has 1 N–H and O–H groups in total. The van der Waals surface area contributed by atoms with Crippen LogP contribution in [0.1, 0.15) is 13.3 Å². The first-order valence-corrected chi connectivity index (χ1v) is 6.70. The number of carbonyl (C=O) groups excluding carboxylic acids is 2. The maximum absolute atomic E-state index is 12.9. The van der Waals surface area contributed by atoms with E-state index in [1.54, 1.807) is 0 Å². The summed E-state index contributed by atoms with van der Waals surface area (Å²) < 4.78 is 39.1. The van der Waals surface area contributed by atoms with Gasteiger partial charge in [-0.3, -0.25) is 9.59 Å². The molecular formula is C14H13F2NO5. The van der Waals surface area contributed by atoms with Gasteiger partial charge in [-0.05, 0) is 24.5 Å². The Balaban J connectivity index is 1.53. The van der Waals surface area contributed by atoms with Gasteiger partial charge in [0.25, 0.3) is 5.91 Å². The number of rotatable bonds is 4. The molecule has 0 bridgehead atoms. The first kappa shape index (κ1) is 14.6. The van der Waals surface area contributed by atoms with Crippen molar-refractivity contribution in [3.8, 4) is 11.5 Å². The molecule has 1 saturated carbocycles. The number of hydrogen-bond donors (Lipinski definition) is 1. The van der Waals surface area contributed by atoms with Crippen LogP contribution in [0.3, 0.4) is 0 Å². The lowest BCUT2D eigenvalue weighted by atomic mass is 10.3. The van der Waals surface area contributed by atoms with Crippen molar-refractivity contribution in [3.63, 3.8) is 0 Å². The van der Waals surface area contributed by atoms with Crippen LogP contribution < -0.4 is 14.8 Å². The summed E-state index contributed by atoms with van der Waals surface area (Å²) in [5.41, 5.74) is 0.237. The van der Waals surface area contributed by atoms with Crippen LogP contribution >= 0.6 is 0 Å². The molecule has 1 fully saturated rings. The van der Waals surface area contributed by atoms with E-state index in [0.717, 1.165) is 6.42 Å². The van der Waals surface area contributed by atoms with Gasteiger partial charge in [0.2, 0.25) is 0 Å².